The number of ether oxygens (including phenoxy) is 2. The fraction of sp³-hybridized carbons (Fsp3) is 0.600. The maximum Gasteiger partial charge on any atom is 0.119 e. The Kier molecular flexibility index (Phi) is 5.05. The Hall–Kier alpha value is -1.26. The second-order valence-electron chi connectivity index (χ2n) is 5.18. The lowest BCUT2D eigenvalue weighted by molar-refractivity contribution is 0.0369. The van der Waals surface area contributed by atoms with Gasteiger partial charge in [-0.2, -0.15) is 0 Å². The fourth-order valence-corrected chi connectivity index (χ4v) is 2.32. The van der Waals surface area contributed by atoms with Crippen molar-refractivity contribution in [3.63, 3.8) is 0 Å². The Morgan fingerprint density at radius 2 is 2.11 bits per heavy atom. The third-order valence-electron chi connectivity index (χ3n) is 3.20. The number of nitrogens with two attached hydrogens (primary N) is 1. The molecule has 2 rings (SSSR count). The topological polar surface area (TPSA) is 47.7 Å². The van der Waals surface area contributed by atoms with Gasteiger partial charge in [0.05, 0.1) is 18.8 Å². The standard InChI is InChI=1S/C15H24N2O2/c1-12(2)19-14-5-3-13(4-6-14)17-9-10-18-15(11-17)7-8-16/h3-6,12,15H,7-11,16H2,1-2H3. The molecule has 0 spiro atoms. The van der Waals surface area contributed by atoms with Crippen LogP contribution >= 0.6 is 0 Å². The van der Waals surface area contributed by atoms with Crippen LogP contribution in [0.1, 0.15) is 20.3 Å². The summed E-state index contributed by atoms with van der Waals surface area (Å²) in [5.41, 5.74) is 6.82. The van der Waals surface area contributed by atoms with E-state index in [1.165, 1.54) is 5.69 Å². The van der Waals surface area contributed by atoms with Gasteiger partial charge in [0.1, 0.15) is 5.75 Å². The van der Waals surface area contributed by atoms with Crippen molar-refractivity contribution < 1.29 is 9.47 Å². The molecule has 0 amide bonds. The van der Waals surface area contributed by atoms with Crippen molar-refractivity contribution in [2.45, 2.75) is 32.5 Å². The van der Waals surface area contributed by atoms with E-state index in [4.69, 9.17) is 15.2 Å². The van der Waals surface area contributed by atoms with E-state index in [1.54, 1.807) is 0 Å². The third-order valence-corrected chi connectivity index (χ3v) is 3.20. The minimum Gasteiger partial charge on any atom is -0.491 e. The highest BCUT2D eigenvalue weighted by Gasteiger charge is 2.19. The lowest BCUT2D eigenvalue weighted by Gasteiger charge is -2.34. The van der Waals surface area contributed by atoms with E-state index in [9.17, 15) is 0 Å². The zero-order chi connectivity index (χ0) is 13.7. The van der Waals surface area contributed by atoms with Gasteiger partial charge in [0.2, 0.25) is 0 Å². The van der Waals surface area contributed by atoms with Gasteiger partial charge in [0.25, 0.3) is 0 Å². The molecule has 1 unspecified atom stereocenters. The third kappa shape index (κ3) is 4.11. The molecule has 19 heavy (non-hydrogen) atoms. The van der Waals surface area contributed by atoms with Crippen LogP contribution in [-0.4, -0.2) is 38.4 Å². The van der Waals surface area contributed by atoms with Gasteiger partial charge in [-0.3, -0.25) is 0 Å². The highest BCUT2D eigenvalue weighted by Crippen LogP contribution is 2.22. The summed E-state index contributed by atoms with van der Waals surface area (Å²) in [5.74, 6) is 0.922. The van der Waals surface area contributed by atoms with Crippen molar-refractivity contribution in [3.05, 3.63) is 24.3 Å². The number of hydrogen-bond donors (Lipinski definition) is 1. The minimum absolute atomic E-state index is 0.211. The zero-order valence-corrected chi connectivity index (χ0v) is 11.8. The van der Waals surface area contributed by atoms with E-state index in [0.717, 1.165) is 31.9 Å². The van der Waals surface area contributed by atoms with Crippen LogP contribution in [0.4, 0.5) is 5.69 Å². The van der Waals surface area contributed by atoms with E-state index in [1.807, 2.05) is 26.0 Å². The molecule has 106 valence electrons. The average molecular weight is 264 g/mol. The SMILES string of the molecule is CC(C)Oc1ccc(N2CCOC(CCN)C2)cc1. The summed E-state index contributed by atoms with van der Waals surface area (Å²) < 4.78 is 11.4. The maximum absolute atomic E-state index is 5.70. The first-order valence-corrected chi connectivity index (χ1v) is 7.02. The monoisotopic (exact) mass is 264 g/mol. The number of hydrogen-bond acceptors (Lipinski definition) is 4. The normalized spacial score (nSPS) is 19.8. The van der Waals surface area contributed by atoms with Gasteiger partial charge in [-0.1, -0.05) is 0 Å². The number of benzene rings is 1. The smallest absolute Gasteiger partial charge is 0.119 e. The van der Waals surface area contributed by atoms with Gasteiger partial charge in [-0.15, -0.1) is 0 Å². The lowest BCUT2D eigenvalue weighted by Crippen LogP contribution is -2.43. The van der Waals surface area contributed by atoms with E-state index in [2.05, 4.69) is 17.0 Å². The molecule has 1 saturated heterocycles. The van der Waals surface area contributed by atoms with Gasteiger partial charge in [-0.05, 0) is 51.1 Å². The van der Waals surface area contributed by atoms with Crippen molar-refractivity contribution >= 4 is 5.69 Å². The summed E-state index contributed by atoms with van der Waals surface area (Å²) in [6, 6.07) is 8.29. The minimum atomic E-state index is 0.211. The maximum atomic E-state index is 5.70. The molecule has 2 N–H and O–H groups in total. The number of nitrogens with zero attached hydrogens (tertiary/aromatic N) is 1. The van der Waals surface area contributed by atoms with Crippen molar-refractivity contribution in [2.24, 2.45) is 5.73 Å². The summed E-state index contributed by atoms with van der Waals surface area (Å²) in [6.45, 7) is 7.38. The fourth-order valence-electron chi connectivity index (χ4n) is 2.32. The summed E-state index contributed by atoms with van der Waals surface area (Å²) in [6.07, 6.45) is 1.39. The highest BCUT2D eigenvalue weighted by molar-refractivity contribution is 5.49. The molecule has 1 heterocycles. The first-order valence-electron chi connectivity index (χ1n) is 7.02. The Labute approximate surface area is 115 Å². The number of rotatable bonds is 5. The lowest BCUT2D eigenvalue weighted by atomic mass is 10.2. The Balaban J connectivity index is 1.97. The van der Waals surface area contributed by atoms with Crippen molar-refractivity contribution in [3.8, 4) is 5.75 Å². The van der Waals surface area contributed by atoms with Crippen molar-refractivity contribution in [1.82, 2.24) is 0 Å². The summed E-state index contributed by atoms with van der Waals surface area (Å²) >= 11 is 0. The second-order valence-corrected chi connectivity index (χ2v) is 5.18. The van der Waals surface area contributed by atoms with Crippen LogP contribution in [0.3, 0.4) is 0 Å². The molecule has 1 atom stereocenters. The molecular weight excluding hydrogens is 240 g/mol. The van der Waals surface area contributed by atoms with Gasteiger partial charge in [-0.25, -0.2) is 0 Å². The van der Waals surface area contributed by atoms with Crippen LogP contribution < -0.4 is 15.4 Å². The van der Waals surface area contributed by atoms with Crippen molar-refractivity contribution in [2.75, 3.05) is 31.1 Å². The predicted molar refractivity (Wildman–Crippen MR) is 77.8 cm³/mol. The molecule has 0 bridgehead atoms. The van der Waals surface area contributed by atoms with Crippen molar-refractivity contribution in [1.29, 1.82) is 0 Å². The van der Waals surface area contributed by atoms with Gasteiger partial charge in [0.15, 0.2) is 0 Å². The van der Waals surface area contributed by atoms with Gasteiger partial charge in [0, 0.05) is 18.8 Å². The molecule has 1 fully saturated rings. The summed E-state index contributed by atoms with van der Waals surface area (Å²) in [7, 11) is 0. The van der Waals surface area contributed by atoms with Crippen LogP contribution in [-0.2, 0) is 4.74 Å². The van der Waals surface area contributed by atoms with Gasteiger partial charge >= 0.3 is 0 Å². The molecule has 1 aromatic rings. The first kappa shape index (κ1) is 14.2. The number of morpholine rings is 1. The molecule has 1 aliphatic rings. The second kappa shape index (κ2) is 6.78. The van der Waals surface area contributed by atoms with Gasteiger partial charge < -0.3 is 20.1 Å². The van der Waals surface area contributed by atoms with Crippen LogP contribution in [0.5, 0.6) is 5.75 Å². The molecule has 0 aromatic heterocycles. The molecule has 0 aliphatic carbocycles. The summed E-state index contributed by atoms with van der Waals surface area (Å²) in [4.78, 5) is 2.35. The van der Waals surface area contributed by atoms with E-state index < -0.39 is 0 Å². The van der Waals surface area contributed by atoms with Crippen LogP contribution in [0.2, 0.25) is 0 Å². The molecule has 0 radical (unpaired) electrons. The molecule has 0 saturated carbocycles. The van der Waals surface area contributed by atoms with E-state index in [0.29, 0.717) is 6.54 Å². The predicted octanol–water partition coefficient (Wildman–Crippen LogP) is 2.03. The number of anilines is 1. The Bertz CT molecular complexity index is 376. The molecule has 1 aromatic carbocycles. The van der Waals surface area contributed by atoms with E-state index >= 15 is 0 Å². The first-order chi connectivity index (χ1) is 9.19. The average Bonchev–Trinajstić information content (AvgIpc) is 2.40. The zero-order valence-electron chi connectivity index (χ0n) is 11.8. The van der Waals surface area contributed by atoms with Crippen LogP contribution in [0, 0.1) is 0 Å². The van der Waals surface area contributed by atoms with Crippen LogP contribution in [0.25, 0.3) is 0 Å². The quantitative estimate of drug-likeness (QED) is 0.884. The van der Waals surface area contributed by atoms with Crippen LogP contribution in [0.15, 0.2) is 24.3 Å². The van der Waals surface area contributed by atoms with E-state index in [-0.39, 0.29) is 12.2 Å². The molecular formula is C15H24N2O2. The molecule has 4 nitrogen and oxygen atoms in total. The summed E-state index contributed by atoms with van der Waals surface area (Å²) in [5, 5.41) is 0. The molecule has 1 aliphatic heterocycles. The largest absolute Gasteiger partial charge is 0.491 e. The molecule has 4 heteroatoms. The Morgan fingerprint density at radius 1 is 1.37 bits per heavy atom. The Morgan fingerprint density at radius 3 is 2.74 bits per heavy atom. The highest BCUT2D eigenvalue weighted by atomic mass is 16.5.